The summed E-state index contributed by atoms with van der Waals surface area (Å²) in [7, 11) is 0. The van der Waals surface area contributed by atoms with Crippen LogP contribution in [-0.4, -0.2) is 44.7 Å². The van der Waals surface area contributed by atoms with Crippen LogP contribution in [-0.2, 0) is 11.2 Å². The number of nitrogens with zero attached hydrogens (tertiary/aromatic N) is 3. The summed E-state index contributed by atoms with van der Waals surface area (Å²) in [4.78, 5) is 19.4. The molecule has 1 saturated carbocycles. The highest BCUT2D eigenvalue weighted by molar-refractivity contribution is 6.31. The van der Waals surface area contributed by atoms with Gasteiger partial charge < -0.3 is 15.4 Å². The summed E-state index contributed by atoms with van der Waals surface area (Å²) >= 11 is 6.53. The minimum atomic E-state index is -0.627. The molecule has 3 N–H and O–H groups in total. The van der Waals surface area contributed by atoms with Gasteiger partial charge in [0.25, 0.3) is 5.89 Å². The molecule has 41 heavy (non-hydrogen) atoms. The highest BCUT2D eigenvalue weighted by Crippen LogP contribution is 2.47. The van der Waals surface area contributed by atoms with Crippen LogP contribution in [0.4, 0.5) is 0 Å². The van der Waals surface area contributed by atoms with Crippen molar-refractivity contribution in [3.63, 3.8) is 0 Å². The number of halogens is 1. The molecule has 0 spiro atoms. The Kier molecular flexibility index (Phi) is 8.61. The van der Waals surface area contributed by atoms with Gasteiger partial charge in [0.1, 0.15) is 0 Å². The maximum absolute atomic E-state index is 12.3. The Hall–Kier alpha value is -2.74. The second kappa shape index (κ2) is 11.9. The summed E-state index contributed by atoms with van der Waals surface area (Å²) < 4.78 is 5.60. The van der Waals surface area contributed by atoms with E-state index in [2.05, 4.69) is 54.9 Å². The molecule has 2 heterocycles. The zero-order chi connectivity index (χ0) is 29.4. The Morgan fingerprint density at radius 2 is 1.80 bits per heavy atom. The normalized spacial score (nSPS) is 18.5. The molecule has 2 fully saturated rings. The number of rotatable bonds is 11. The first kappa shape index (κ1) is 29.7. The average molecular weight is 579 g/mol. The molecule has 1 aliphatic carbocycles. The van der Waals surface area contributed by atoms with Crippen molar-refractivity contribution in [2.24, 2.45) is 23.0 Å². The summed E-state index contributed by atoms with van der Waals surface area (Å²) in [5.74, 6) is 1.45. The summed E-state index contributed by atoms with van der Waals surface area (Å²) in [6, 6.07) is 14.3. The van der Waals surface area contributed by atoms with Crippen LogP contribution in [0.5, 0.6) is 0 Å². The highest BCUT2D eigenvalue weighted by Gasteiger charge is 2.46. The maximum Gasteiger partial charge on any atom is 0.309 e. The molecule has 8 heteroatoms. The van der Waals surface area contributed by atoms with Crippen molar-refractivity contribution in [3.05, 3.63) is 58.6 Å². The summed E-state index contributed by atoms with van der Waals surface area (Å²) in [5.41, 5.74) is 9.50. The van der Waals surface area contributed by atoms with Crippen molar-refractivity contribution in [2.45, 2.75) is 84.2 Å². The average Bonchev–Trinajstić information content (AvgIpc) is 3.59. The number of aliphatic carboxylic acids is 1. The van der Waals surface area contributed by atoms with Gasteiger partial charge in [-0.1, -0.05) is 73.8 Å². The van der Waals surface area contributed by atoms with E-state index in [1.54, 1.807) is 0 Å². The number of aromatic nitrogens is 2. The molecule has 1 unspecified atom stereocenters. The van der Waals surface area contributed by atoms with Crippen molar-refractivity contribution < 1.29 is 14.4 Å². The first-order valence-corrected chi connectivity index (χ1v) is 15.3. The zero-order valence-electron chi connectivity index (χ0n) is 24.7. The molecule has 1 saturated heterocycles. The Morgan fingerprint density at radius 3 is 2.37 bits per heavy atom. The Labute approximate surface area is 248 Å². The zero-order valence-corrected chi connectivity index (χ0v) is 25.5. The molecule has 220 valence electrons. The van der Waals surface area contributed by atoms with Crippen molar-refractivity contribution in [1.29, 1.82) is 0 Å². The van der Waals surface area contributed by atoms with Gasteiger partial charge in [-0.05, 0) is 94.1 Å². The first-order chi connectivity index (χ1) is 19.4. The number of benzene rings is 2. The second-order valence-electron chi connectivity index (χ2n) is 13.4. The van der Waals surface area contributed by atoms with E-state index in [-0.39, 0.29) is 11.6 Å². The molecule has 0 radical (unpaired) electrons. The fraction of sp³-hybridized carbons (Fsp3) is 0.545. The van der Waals surface area contributed by atoms with Crippen LogP contribution in [0, 0.1) is 17.3 Å². The van der Waals surface area contributed by atoms with E-state index in [0.717, 1.165) is 54.6 Å². The largest absolute Gasteiger partial charge is 0.481 e. The number of carboxylic acids is 1. The first-order valence-electron chi connectivity index (χ1n) is 14.9. The van der Waals surface area contributed by atoms with Crippen LogP contribution < -0.4 is 5.73 Å². The van der Waals surface area contributed by atoms with Gasteiger partial charge in [0.2, 0.25) is 5.82 Å². The molecule has 0 amide bonds. The standard InChI is InChI=1S/C33H43ClN4O3/c1-21(2)17-25-11-12-26(18-27(25)34)30-36-29(37-41-30)24-9-7-23(8-10-24)28(20-32(3,4)35)38-15-13-33(14-16-38,31(39)40)19-22-5-6-22/h7-12,18,21-22,28H,5-6,13-17,19-20,35H2,1-4H3,(H,39,40). The van der Waals surface area contributed by atoms with Crippen LogP contribution >= 0.6 is 11.6 Å². The van der Waals surface area contributed by atoms with Crippen LogP contribution in [0.2, 0.25) is 5.02 Å². The van der Waals surface area contributed by atoms with E-state index < -0.39 is 11.4 Å². The molecule has 1 aliphatic heterocycles. The minimum Gasteiger partial charge on any atom is -0.481 e. The number of carbonyl (C=O) groups is 1. The third-order valence-electron chi connectivity index (χ3n) is 8.65. The van der Waals surface area contributed by atoms with E-state index in [0.29, 0.717) is 41.4 Å². The van der Waals surface area contributed by atoms with Crippen LogP contribution in [0.25, 0.3) is 22.8 Å². The Morgan fingerprint density at radius 1 is 1.15 bits per heavy atom. The van der Waals surface area contributed by atoms with Gasteiger partial charge in [-0.25, -0.2) is 0 Å². The van der Waals surface area contributed by atoms with Crippen LogP contribution in [0.15, 0.2) is 47.0 Å². The topological polar surface area (TPSA) is 105 Å². The van der Waals surface area contributed by atoms with Crippen LogP contribution in [0.1, 0.15) is 83.4 Å². The second-order valence-corrected chi connectivity index (χ2v) is 13.8. The lowest BCUT2D eigenvalue weighted by atomic mass is 9.73. The van der Waals surface area contributed by atoms with Crippen LogP contribution in [0.3, 0.4) is 0 Å². The number of likely N-dealkylation sites (tertiary alicyclic amines) is 1. The quantitative estimate of drug-likeness (QED) is 0.244. The number of hydrogen-bond acceptors (Lipinski definition) is 6. The lowest BCUT2D eigenvalue weighted by Crippen LogP contribution is -2.47. The molecule has 2 aromatic carbocycles. The van der Waals surface area contributed by atoms with Gasteiger partial charge in [-0.15, -0.1) is 0 Å². The highest BCUT2D eigenvalue weighted by atomic mass is 35.5. The monoisotopic (exact) mass is 578 g/mol. The molecule has 7 nitrogen and oxygen atoms in total. The van der Waals surface area contributed by atoms with Gasteiger partial charge in [-0.3, -0.25) is 9.69 Å². The van der Waals surface area contributed by atoms with Gasteiger partial charge in [0.15, 0.2) is 0 Å². The Bertz CT molecular complexity index is 1350. The predicted octanol–water partition coefficient (Wildman–Crippen LogP) is 7.39. The third kappa shape index (κ3) is 7.19. The van der Waals surface area contributed by atoms with E-state index in [9.17, 15) is 9.90 Å². The number of hydrogen-bond donors (Lipinski definition) is 2. The Balaban J connectivity index is 1.32. The fourth-order valence-corrected chi connectivity index (χ4v) is 6.46. The molecular weight excluding hydrogens is 536 g/mol. The maximum atomic E-state index is 12.3. The van der Waals surface area contributed by atoms with Gasteiger partial charge in [-0.2, -0.15) is 4.98 Å². The smallest absolute Gasteiger partial charge is 0.309 e. The van der Waals surface area contributed by atoms with Gasteiger partial charge >= 0.3 is 5.97 Å². The van der Waals surface area contributed by atoms with E-state index in [1.165, 1.54) is 12.8 Å². The molecule has 3 aromatic rings. The van der Waals surface area contributed by atoms with E-state index in [1.807, 2.05) is 30.3 Å². The molecule has 5 rings (SSSR count). The number of nitrogens with two attached hydrogens (primary N) is 1. The van der Waals surface area contributed by atoms with Crippen molar-refractivity contribution in [2.75, 3.05) is 13.1 Å². The molecule has 1 aromatic heterocycles. The number of piperidine rings is 1. The lowest BCUT2D eigenvalue weighted by molar-refractivity contribution is -0.153. The third-order valence-corrected chi connectivity index (χ3v) is 9.01. The number of carboxylic acid groups (broad SMARTS) is 1. The van der Waals surface area contributed by atoms with Gasteiger partial charge in [0, 0.05) is 27.7 Å². The fourth-order valence-electron chi connectivity index (χ4n) is 6.20. The molecular formula is C33H43ClN4O3. The van der Waals surface area contributed by atoms with Crippen molar-refractivity contribution in [1.82, 2.24) is 15.0 Å². The van der Waals surface area contributed by atoms with Crippen molar-refractivity contribution >= 4 is 17.6 Å². The van der Waals surface area contributed by atoms with Crippen molar-refractivity contribution in [3.8, 4) is 22.8 Å². The molecule has 0 bridgehead atoms. The predicted molar refractivity (Wildman–Crippen MR) is 163 cm³/mol. The molecule has 1 atom stereocenters. The SMILES string of the molecule is CC(C)Cc1ccc(-c2nc(-c3ccc(C(CC(C)(C)N)N4CCC(CC5CC5)(C(=O)O)CC4)cc3)no2)cc1Cl. The molecule has 2 aliphatic rings. The van der Waals surface area contributed by atoms with E-state index >= 15 is 0 Å². The van der Waals surface area contributed by atoms with Gasteiger partial charge in [0.05, 0.1) is 5.41 Å². The lowest BCUT2D eigenvalue weighted by Gasteiger charge is -2.44. The minimum absolute atomic E-state index is 0.101. The summed E-state index contributed by atoms with van der Waals surface area (Å²) in [6.45, 7) is 9.96. The van der Waals surface area contributed by atoms with E-state index in [4.69, 9.17) is 21.9 Å². The summed E-state index contributed by atoms with van der Waals surface area (Å²) in [5, 5.41) is 15.0. The summed E-state index contributed by atoms with van der Waals surface area (Å²) in [6.07, 6.45) is 6.23.